The highest BCUT2D eigenvalue weighted by atomic mass is 16.5. The highest BCUT2D eigenvalue weighted by Crippen LogP contribution is 2.11. The van der Waals surface area contributed by atoms with E-state index >= 15 is 0 Å². The molecule has 0 saturated carbocycles. The summed E-state index contributed by atoms with van der Waals surface area (Å²) in [7, 11) is 1.52. The smallest absolute Gasteiger partial charge is 0.299 e. The summed E-state index contributed by atoms with van der Waals surface area (Å²) in [5, 5.41) is 0. The van der Waals surface area contributed by atoms with Crippen LogP contribution in [0.4, 0.5) is 5.69 Å². The van der Waals surface area contributed by atoms with Crippen LogP contribution in [0, 0.1) is 6.92 Å². The molecular formula is C15H19N3O2. The molecule has 1 aromatic carbocycles. The largest absolute Gasteiger partial charge is 0.468 e. The van der Waals surface area contributed by atoms with Crippen LogP contribution in [-0.2, 0) is 13.0 Å². The quantitative estimate of drug-likeness (QED) is 0.843. The van der Waals surface area contributed by atoms with Gasteiger partial charge < -0.3 is 10.5 Å². The van der Waals surface area contributed by atoms with Crippen LogP contribution in [-0.4, -0.2) is 16.7 Å². The van der Waals surface area contributed by atoms with Crippen molar-refractivity contribution in [3.8, 4) is 6.01 Å². The van der Waals surface area contributed by atoms with Crippen molar-refractivity contribution < 1.29 is 4.74 Å². The number of methoxy groups -OCH3 is 1. The Morgan fingerprint density at radius 3 is 2.85 bits per heavy atom. The average molecular weight is 273 g/mol. The van der Waals surface area contributed by atoms with E-state index in [1.165, 1.54) is 13.2 Å². The lowest BCUT2D eigenvalue weighted by Gasteiger charge is -2.11. The predicted molar refractivity (Wildman–Crippen MR) is 79.0 cm³/mol. The third-order valence-corrected chi connectivity index (χ3v) is 3.08. The number of ether oxygens (including phenoxy) is 1. The SMILES string of the molecule is COc1nc(C)cc(=O)n1CCCc1cccc(N)c1. The van der Waals surface area contributed by atoms with Crippen molar-refractivity contribution in [2.45, 2.75) is 26.3 Å². The first-order valence-corrected chi connectivity index (χ1v) is 6.57. The summed E-state index contributed by atoms with van der Waals surface area (Å²) >= 11 is 0. The van der Waals surface area contributed by atoms with E-state index in [0.29, 0.717) is 18.2 Å². The average Bonchev–Trinajstić information content (AvgIpc) is 2.40. The van der Waals surface area contributed by atoms with Crippen LogP contribution in [0.15, 0.2) is 35.1 Å². The second-order valence-electron chi connectivity index (χ2n) is 4.72. The second-order valence-corrected chi connectivity index (χ2v) is 4.72. The number of nitrogen functional groups attached to an aromatic ring is 1. The minimum absolute atomic E-state index is 0.0816. The molecule has 1 aromatic heterocycles. The number of rotatable bonds is 5. The van der Waals surface area contributed by atoms with Crippen LogP contribution < -0.4 is 16.0 Å². The third-order valence-electron chi connectivity index (χ3n) is 3.08. The maximum Gasteiger partial charge on any atom is 0.299 e. The Hall–Kier alpha value is -2.30. The molecule has 0 atom stereocenters. The molecule has 0 aliphatic carbocycles. The molecule has 106 valence electrons. The van der Waals surface area contributed by atoms with E-state index in [0.717, 1.165) is 24.1 Å². The van der Waals surface area contributed by atoms with Crippen LogP contribution in [0.2, 0.25) is 0 Å². The molecule has 0 spiro atoms. The van der Waals surface area contributed by atoms with Crippen molar-refractivity contribution in [1.29, 1.82) is 0 Å². The fraction of sp³-hybridized carbons (Fsp3) is 0.333. The first-order valence-electron chi connectivity index (χ1n) is 6.57. The minimum atomic E-state index is -0.0816. The number of nitrogens with zero attached hydrogens (tertiary/aromatic N) is 2. The molecule has 5 heteroatoms. The summed E-state index contributed by atoms with van der Waals surface area (Å²) < 4.78 is 6.72. The van der Waals surface area contributed by atoms with Crippen LogP contribution in [0.1, 0.15) is 17.7 Å². The summed E-state index contributed by atoms with van der Waals surface area (Å²) in [6.45, 7) is 2.35. The molecule has 5 nitrogen and oxygen atoms in total. The van der Waals surface area contributed by atoms with Gasteiger partial charge in [-0.15, -0.1) is 0 Å². The standard InChI is InChI=1S/C15H19N3O2/c1-11-9-14(19)18(15(17-11)20-2)8-4-6-12-5-3-7-13(16)10-12/h3,5,7,9-10H,4,6,8,16H2,1-2H3. The van der Waals surface area contributed by atoms with Gasteiger partial charge in [-0.2, -0.15) is 0 Å². The Labute approximate surface area is 118 Å². The Bertz CT molecular complexity index is 650. The van der Waals surface area contributed by atoms with Crippen molar-refractivity contribution in [3.05, 3.63) is 51.9 Å². The summed E-state index contributed by atoms with van der Waals surface area (Å²) in [5.74, 6) is 0. The number of benzene rings is 1. The molecule has 1 heterocycles. The summed E-state index contributed by atoms with van der Waals surface area (Å²) in [6.07, 6.45) is 1.68. The van der Waals surface area contributed by atoms with Crippen molar-refractivity contribution in [2.75, 3.05) is 12.8 Å². The van der Waals surface area contributed by atoms with Gasteiger partial charge >= 0.3 is 0 Å². The molecule has 20 heavy (non-hydrogen) atoms. The van der Waals surface area contributed by atoms with Crippen molar-refractivity contribution >= 4 is 5.69 Å². The van der Waals surface area contributed by atoms with Gasteiger partial charge in [0.05, 0.1) is 7.11 Å². The Kier molecular flexibility index (Phi) is 4.40. The van der Waals surface area contributed by atoms with E-state index < -0.39 is 0 Å². The van der Waals surface area contributed by atoms with Gasteiger partial charge in [0.2, 0.25) is 0 Å². The highest BCUT2D eigenvalue weighted by molar-refractivity contribution is 5.40. The topological polar surface area (TPSA) is 70.1 Å². The van der Waals surface area contributed by atoms with Gasteiger partial charge in [0, 0.05) is 24.0 Å². The van der Waals surface area contributed by atoms with Crippen molar-refractivity contribution in [1.82, 2.24) is 9.55 Å². The van der Waals surface area contributed by atoms with E-state index in [2.05, 4.69) is 4.98 Å². The van der Waals surface area contributed by atoms with E-state index in [9.17, 15) is 4.79 Å². The zero-order valence-corrected chi connectivity index (χ0v) is 11.8. The van der Waals surface area contributed by atoms with Gasteiger partial charge in [0.1, 0.15) is 0 Å². The zero-order chi connectivity index (χ0) is 14.5. The molecule has 0 unspecified atom stereocenters. The first-order chi connectivity index (χ1) is 9.60. The Morgan fingerprint density at radius 1 is 1.35 bits per heavy atom. The zero-order valence-electron chi connectivity index (χ0n) is 11.8. The highest BCUT2D eigenvalue weighted by Gasteiger charge is 2.07. The summed E-state index contributed by atoms with van der Waals surface area (Å²) in [4.78, 5) is 16.2. The maximum absolute atomic E-state index is 11.9. The molecule has 0 bridgehead atoms. The fourth-order valence-electron chi connectivity index (χ4n) is 2.15. The Morgan fingerprint density at radius 2 is 2.15 bits per heavy atom. The predicted octanol–water partition coefficient (Wildman–Crippen LogP) is 1.78. The summed E-state index contributed by atoms with van der Waals surface area (Å²) in [5.41, 5.74) is 8.25. The van der Waals surface area contributed by atoms with Gasteiger partial charge in [0.15, 0.2) is 0 Å². The lowest BCUT2D eigenvalue weighted by atomic mass is 10.1. The van der Waals surface area contributed by atoms with Gasteiger partial charge in [0.25, 0.3) is 11.6 Å². The van der Waals surface area contributed by atoms with Crippen molar-refractivity contribution in [3.63, 3.8) is 0 Å². The molecule has 2 aromatic rings. The lowest BCUT2D eigenvalue weighted by Crippen LogP contribution is -2.23. The number of hydrogen-bond donors (Lipinski definition) is 1. The third kappa shape index (κ3) is 3.38. The molecule has 0 aliphatic heterocycles. The molecule has 0 aliphatic rings. The van der Waals surface area contributed by atoms with Crippen molar-refractivity contribution in [2.24, 2.45) is 0 Å². The number of anilines is 1. The van der Waals surface area contributed by atoms with Crippen LogP contribution in [0.5, 0.6) is 6.01 Å². The second kappa shape index (κ2) is 6.23. The number of aryl methyl sites for hydroxylation is 2. The van der Waals surface area contributed by atoms with E-state index in [1.807, 2.05) is 24.3 Å². The monoisotopic (exact) mass is 273 g/mol. The molecule has 2 N–H and O–H groups in total. The molecule has 0 amide bonds. The van der Waals surface area contributed by atoms with Gasteiger partial charge in [-0.25, -0.2) is 4.98 Å². The summed E-state index contributed by atoms with van der Waals surface area (Å²) in [6, 6.07) is 9.66. The number of nitrogens with two attached hydrogens (primary N) is 1. The molecule has 2 rings (SSSR count). The van der Waals surface area contributed by atoms with Crippen LogP contribution >= 0.6 is 0 Å². The molecule has 0 radical (unpaired) electrons. The molecular weight excluding hydrogens is 254 g/mol. The number of aromatic nitrogens is 2. The van der Waals surface area contributed by atoms with E-state index in [4.69, 9.17) is 10.5 Å². The fourth-order valence-corrected chi connectivity index (χ4v) is 2.15. The maximum atomic E-state index is 11.9. The minimum Gasteiger partial charge on any atom is -0.468 e. The van der Waals surface area contributed by atoms with E-state index in [-0.39, 0.29) is 5.56 Å². The molecule has 0 fully saturated rings. The normalized spacial score (nSPS) is 10.5. The van der Waals surface area contributed by atoms with Gasteiger partial charge in [-0.05, 0) is 37.5 Å². The van der Waals surface area contributed by atoms with E-state index in [1.54, 1.807) is 11.5 Å². The van der Waals surface area contributed by atoms with Crippen LogP contribution in [0.3, 0.4) is 0 Å². The number of hydrogen-bond acceptors (Lipinski definition) is 4. The Balaban J connectivity index is 2.06. The molecule has 0 saturated heterocycles. The lowest BCUT2D eigenvalue weighted by molar-refractivity contribution is 0.342. The van der Waals surface area contributed by atoms with Gasteiger partial charge in [-0.3, -0.25) is 9.36 Å². The van der Waals surface area contributed by atoms with Gasteiger partial charge in [-0.1, -0.05) is 12.1 Å². The van der Waals surface area contributed by atoms with Crippen LogP contribution in [0.25, 0.3) is 0 Å². The first kappa shape index (κ1) is 14.1.